The van der Waals surface area contributed by atoms with Gasteiger partial charge in [0.15, 0.2) is 5.78 Å². The summed E-state index contributed by atoms with van der Waals surface area (Å²) in [5, 5.41) is 13.6. The van der Waals surface area contributed by atoms with Gasteiger partial charge in [-0.05, 0) is 48.6 Å². The highest BCUT2D eigenvalue weighted by Crippen LogP contribution is 2.47. The first kappa shape index (κ1) is 25.5. The van der Waals surface area contributed by atoms with E-state index in [9.17, 15) is 14.7 Å². The van der Waals surface area contributed by atoms with Gasteiger partial charge in [-0.15, -0.1) is 0 Å². The number of phenols is 1. The summed E-state index contributed by atoms with van der Waals surface area (Å²) in [5.74, 6) is 0.0495. The molecule has 2 aliphatic rings. The van der Waals surface area contributed by atoms with Crippen molar-refractivity contribution in [3.8, 4) is 11.5 Å². The maximum absolute atomic E-state index is 13.7. The number of allylic oxidation sites excluding steroid dienone is 3. The Balaban J connectivity index is 1.74. The van der Waals surface area contributed by atoms with Crippen molar-refractivity contribution in [2.24, 2.45) is 5.92 Å². The van der Waals surface area contributed by atoms with Crippen LogP contribution in [0, 0.1) is 5.92 Å². The van der Waals surface area contributed by atoms with Gasteiger partial charge < -0.3 is 19.9 Å². The van der Waals surface area contributed by atoms with Gasteiger partial charge >= 0.3 is 5.97 Å². The number of nitrogens with one attached hydrogen (secondary N) is 1. The standard InChI is InChI=1S/C30H35NO5/c1-5-19(6-2)17-36-30(34)27-18(3)31-24-15-21(23-12-7-8-13-26(23)35-4)16-25(33)29(24)28(27)20-10-9-11-22(32)14-20/h7-14,19,21,28,31-32H,5-6,15-17H2,1-4H3/t21-,28-/m1/s1. The average molecular weight is 490 g/mol. The third-order valence-corrected chi connectivity index (χ3v) is 7.43. The molecular formula is C30H35NO5. The maximum atomic E-state index is 13.7. The number of rotatable bonds is 8. The summed E-state index contributed by atoms with van der Waals surface area (Å²) in [5.41, 5.74) is 4.17. The Labute approximate surface area is 213 Å². The van der Waals surface area contributed by atoms with Crippen LogP contribution in [0.1, 0.15) is 69.4 Å². The number of methoxy groups -OCH3 is 1. The van der Waals surface area contributed by atoms with E-state index in [2.05, 4.69) is 19.2 Å². The highest BCUT2D eigenvalue weighted by atomic mass is 16.5. The predicted molar refractivity (Wildman–Crippen MR) is 139 cm³/mol. The average Bonchev–Trinajstić information content (AvgIpc) is 2.88. The second-order valence-electron chi connectivity index (χ2n) is 9.64. The molecule has 1 aliphatic heterocycles. The van der Waals surface area contributed by atoms with Crippen molar-refractivity contribution < 1.29 is 24.2 Å². The molecule has 2 atom stereocenters. The summed E-state index contributed by atoms with van der Waals surface area (Å²) in [6.45, 7) is 6.36. The van der Waals surface area contributed by atoms with E-state index in [1.807, 2.05) is 37.3 Å². The third-order valence-electron chi connectivity index (χ3n) is 7.43. The summed E-state index contributed by atoms with van der Waals surface area (Å²) in [4.78, 5) is 27.2. The topological polar surface area (TPSA) is 84.9 Å². The lowest BCUT2D eigenvalue weighted by Gasteiger charge is -2.37. The molecule has 2 aromatic rings. The number of carbonyl (C=O) groups is 2. The van der Waals surface area contributed by atoms with E-state index in [1.165, 1.54) is 0 Å². The number of hydrogen-bond donors (Lipinski definition) is 2. The van der Waals surface area contributed by atoms with Gasteiger partial charge in [-0.25, -0.2) is 4.79 Å². The Morgan fingerprint density at radius 2 is 1.86 bits per heavy atom. The van der Waals surface area contributed by atoms with E-state index in [-0.39, 0.29) is 17.5 Å². The first-order valence-corrected chi connectivity index (χ1v) is 12.7. The molecule has 0 spiro atoms. The molecule has 6 heteroatoms. The van der Waals surface area contributed by atoms with Gasteiger partial charge in [-0.3, -0.25) is 4.79 Å². The van der Waals surface area contributed by atoms with Crippen LogP contribution in [0.15, 0.2) is 71.1 Å². The smallest absolute Gasteiger partial charge is 0.336 e. The van der Waals surface area contributed by atoms with Crippen molar-refractivity contribution in [2.75, 3.05) is 13.7 Å². The Hall–Kier alpha value is -3.54. The number of aromatic hydroxyl groups is 1. The van der Waals surface area contributed by atoms with Crippen LogP contribution in [0.3, 0.4) is 0 Å². The van der Waals surface area contributed by atoms with Crippen molar-refractivity contribution in [3.63, 3.8) is 0 Å². The number of phenolic OH excluding ortho intramolecular Hbond substituents is 1. The largest absolute Gasteiger partial charge is 0.508 e. The van der Waals surface area contributed by atoms with Crippen molar-refractivity contribution in [1.29, 1.82) is 0 Å². The summed E-state index contributed by atoms with van der Waals surface area (Å²) in [7, 11) is 1.64. The van der Waals surface area contributed by atoms with Crippen molar-refractivity contribution in [2.45, 2.75) is 58.3 Å². The number of dihydropyridines is 1. The lowest BCUT2D eigenvalue weighted by molar-refractivity contribution is -0.140. The third kappa shape index (κ3) is 5.03. The van der Waals surface area contributed by atoms with Crippen LogP contribution in [0.4, 0.5) is 0 Å². The molecule has 1 aliphatic carbocycles. The monoisotopic (exact) mass is 489 g/mol. The molecule has 36 heavy (non-hydrogen) atoms. The molecule has 6 nitrogen and oxygen atoms in total. The molecule has 0 unspecified atom stereocenters. The molecule has 2 N–H and O–H groups in total. The van der Waals surface area contributed by atoms with Crippen molar-refractivity contribution in [1.82, 2.24) is 5.32 Å². The van der Waals surface area contributed by atoms with Gasteiger partial charge in [0, 0.05) is 35.2 Å². The van der Waals surface area contributed by atoms with E-state index in [1.54, 1.807) is 25.3 Å². The lowest BCUT2D eigenvalue weighted by Crippen LogP contribution is -2.36. The second-order valence-corrected chi connectivity index (χ2v) is 9.64. The highest BCUT2D eigenvalue weighted by molar-refractivity contribution is 6.04. The van der Waals surface area contributed by atoms with Gasteiger partial charge in [0.25, 0.3) is 0 Å². The zero-order valence-electron chi connectivity index (χ0n) is 21.5. The molecule has 0 saturated carbocycles. The van der Waals surface area contributed by atoms with Crippen LogP contribution in [0.2, 0.25) is 0 Å². The zero-order chi connectivity index (χ0) is 25.8. The quantitative estimate of drug-likeness (QED) is 0.460. The molecule has 0 saturated heterocycles. The van der Waals surface area contributed by atoms with Gasteiger partial charge in [0.2, 0.25) is 0 Å². The van der Waals surface area contributed by atoms with Gasteiger partial charge in [-0.1, -0.05) is 57.0 Å². The normalized spacial score (nSPS) is 19.8. The van der Waals surface area contributed by atoms with Gasteiger partial charge in [0.05, 0.1) is 19.3 Å². The Morgan fingerprint density at radius 3 is 2.56 bits per heavy atom. The maximum Gasteiger partial charge on any atom is 0.336 e. The predicted octanol–water partition coefficient (Wildman–Crippen LogP) is 5.74. The Bertz CT molecular complexity index is 1210. The van der Waals surface area contributed by atoms with Crippen LogP contribution in [-0.4, -0.2) is 30.6 Å². The summed E-state index contributed by atoms with van der Waals surface area (Å²) < 4.78 is 11.3. The van der Waals surface area contributed by atoms with Crippen LogP contribution >= 0.6 is 0 Å². The molecule has 190 valence electrons. The summed E-state index contributed by atoms with van der Waals surface area (Å²) in [6, 6.07) is 14.6. The molecular weight excluding hydrogens is 454 g/mol. The molecule has 2 aromatic carbocycles. The van der Waals surface area contributed by atoms with E-state index in [0.717, 1.165) is 29.9 Å². The zero-order valence-corrected chi connectivity index (χ0v) is 21.5. The number of carbonyl (C=O) groups excluding carboxylic acids is 2. The highest BCUT2D eigenvalue weighted by Gasteiger charge is 2.42. The molecule has 0 radical (unpaired) electrons. The van der Waals surface area contributed by atoms with E-state index >= 15 is 0 Å². The molecule has 0 fully saturated rings. The minimum Gasteiger partial charge on any atom is -0.508 e. The molecule has 1 heterocycles. The second kappa shape index (κ2) is 11.0. The molecule has 0 bridgehead atoms. The molecule has 0 amide bonds. The SMILES string of the molecule is CCC(CC)COC(=O)C1=C(C)NC2=C(C(=O)C[C@H](c3ccccc3OC)C2)[C@@H]1c1cccc(O)c1. The fourth-order valence-electron chi connectivity index (χ4n) is 5.37. The summed E-state index contributed by atoms with van der Waals surface area (Å²) in [6.07, 6.45) is 2.78. The number of hydrogen-bond acceptors (Lipinski definition) is 6. The first-order chi connectivity index (χ1) is 17.4. The van der Waals surface area contributed by atoms with E-state index < -0.39 is 11.9 Å². The number of ether oxygens (including phenoxy) is 2. The Kier molecular flexibility index (Phi) is 7.82. The number of ketones is 1. The number of para-hydroxylation sites is 1. The fraction of sp³-hybridized carbons (Fsp3) is 0.400. The van der Waals surface area contributed by atoms with Crippen LogP contribution < -0.4 is 10.1 Å². The van der Waals surface area contributed by atoms with Crippen LogP contribution in [0.25, 0.3) is 0 Å². The number of esters is 1. The van der Waals surface area contributed by atoms with Gasteiger partial charge in [0.1, 0.15) is 11.5 Å². The minimum atomic E-state index is -0.603. The van der Waals surface area contributed by atoms with E-state index in [4.69, 9.17) is 9.47 Å². The van der Waals surface area contributed by atoms with Gasteiger partial charge in [-0.2, -0.15) is 0 Å². The minimum absolute atomic E-state index is 0.0224. The fourth-order valence-corrected chi connectivity index (χ4v) is 5.37. The molecule has 4 rings (SSSR count). The van der Waals surface area contributed by atoms with E-state index in [0.29, 0.717) is 47.8 Å². The Morgan fingerprint density at radius 1 is 1.11 bits per heavy atom. The molecule has 0 aromatic heterocycles. The van der Waals surface area contributed by atoms with Crippen LogP contribution in [0.5, 0.6) is 11.5 Å². The lowest BCUT2D eigenvalue weighted by atomic mass is 9.71. The first-order valence-electron chi connectivity index (χ1n) is 12.7. The number of Topliss-reactive ketones (excluding diaryl/α,β-unsaturated/α-hetero) is 1. The van der Waals surface area contributed by atoms with Crippen molar-refractivity contribution in [3.05, 3.63) is 82.2 Å². The van der Waals surface area contributed by atoms with Crippen LogP contribution in [-0.2, 0) is 14.3 Å². The summed E-state index contributed by atoms with van der Waals surface area (Å²) >= 11 is 0. The number of benzene rings is 2. The van der Waals surface area contributed by atoms with Crippen molar-refractivity contribution >= 4 is 11.8 Å².